The molecule has 7 heteroatoms. The first-order valence-corrected chi connectivity index (χ1v) is 11.5. The molecule has 0 aromatic heterocycles. The lowest BCUT2D eigenvalue weighted by Gasteiger charge is -2.30. The van der Waals surface area contributed by atoms with E-state index in [-0.39, 0.29) is 25.6 Å². The number of allylic oxidation sites excluding steroid dienone is 1. The number of cyclic esters (lactones) is 1. The average molecular weight is 468 g/mol. The highest BCUT2D eigenvalue weighted by atomic mass is 16.6. The largest absolute Gasteiger partial charge is 0.497 e. The van der Waals surface area contributed by atoms with Gasteiger partial charge in [-0.15, -0.1) is 6.58 Å². The van der Waals surface area contributed by atoms with Crippen LogP contribution in [0, 0.1) is 11.8 Å². The first kappa shape index (κ1) is 25.5. The lowest BCUT2D eigenvalue weighted by molar-refractivity contribution is -0.139. The van der Waals surface area contributed by atoms with Crippen molar-refractivity contribution >= 4 is 12.0 Å². The summed E-state index contributed by atoms with van der Waals surface area (Å²) in [5.74, 6) is -0.832. The van der Waals surface area contributed by atoms with Crippen LogP contribution in [-0.2, 0) is 27.3 Å². The number of aliphatic hydroxyl groups is 1. The van der Waals surface area contributed by atoms with Gasteiger partial charge in [0.25, 0.3) is 0 Å². The van der Waals surface area contributed by atoms with Gasteiger partial charge in [-0.05, 0) is 36.1 Å². The van der Waals surface area contributed by atoms with E-state index in [4.69, 9.17) is 14.2 Å². The Bertz CT molecular complexity index is 945. The van der Waals surface area contributed by atoms with Gasteiger partial charge in [-0.2, -0.15) is 0 Å². The summed E-state index contributed by atoms with van der Waals surface area (Å²) in [6.45, 7) is 6.32. The van der Waals surface area contributed by atoms with Gasteiger partial charge in [0.05, 0.1) is 38.4 Å². The molecule has 4 atom stereocenters. The number of imide groups is 1. The van der Waals surface area contributed by atoms with E-state index in [0.29, 0.717) is 13.0 Å². The maximum absolute atomic E-state index is 13.4. The van der Waals surface area contributed by atoms with Crippen LogP contribution >= 0.6 is 0 Å². The molecule has 1 aliphatic heterocycles. The van der Waals surface area contributed by atoms with Gasteiger partial charge >= 0.3 is 6.09 Å². The molecule has 182 valence electrons. The van der Waals surface area contributed by atoms with Crippen LogP contribution in [0.2, 0.25) is 0 Å². The van der Waals surface area contributed by atoms with Crippen molar-refractivity contribution in [3.8, 4) is 5.75 Å². The third kappa shape index (κ3) is 6.46. The van der Waals surface area contributed by atoms with Crippen LogP contribution in [0.1, 0.15) is 24.5 Å². The number of aliphatic hydroxyl groups excluding tert-OH is 1. The van der Waals surface area contributed by atoms with Crippen molar-refractivity contribution in [2.75, 3.05) is 20.3 Å². The third-order valence-corrected chi connectivity index (χ3v) is 6.05. The Kier molecular flexibility index (Phi) is 9.24. The van der Waals surface area contributed by atoms with E-state index in [1.54, 1.807) is 13.2 Å². The van der Waals surface area contributed by atoms with Gasteiger partial charge in [-0.25, -0.2) is 9.69 Å². The minimum absolute atomic E-state index is 0.136. The normalized spacial score (nSPS) is 18.1. The van der Waals surface area contributed by atoms with Crippen molar-refractivity contribution in [3.63, 3.8) is 0 Å². The molecule has 1 heterocycles. The smallest absolute Gasteiger partial charge is 0.416 e. The van der Waals surface area contributed by atoms with Crippen molar-refractivity contribution in [1.29, 1.82) is 0 Å². The van der Waals surface area contributed by atoms with Crippen LogP contribution in [0.4, 0.5) is 4.79 Å². The minimum atomic E-state index is -1.01. The molecule has 0 bridgehead atoms. The van der Waals surface area contributed by atoms with Gasteiger partial charge in [0.15, 0.2) is 0 Å². The van der Waals surface area contributed by atoms with Gasteiger partial charge in [0, 0.05) is 5.92 Å². The summed E-state index contributed by atoms with van der Waals surface area (Å²) < 4.78 is 16.1. The van der Waals surface area contributed by atoms with E-state index in [1.807, 2.05) is 61.5 Å². The first-order chi connectivity index (χ1) is 16.4. The van der Waals surface area contributed by atoms with Gasteiger partial charge in [-0.3, -0.25) is 4.79 Å². The summed E-state index contributed by atoms with van der Waals surface area (Å²) in [6.07, 6.45) is 0.646. The average Bonchev–Trinajstić information content (AvgIpc) is 3.22. The monoisotopic (exact) mass is 467 g/mol. The van der Waals surface area contributed by atoms with E-state index in [1.165, 1.54) is 0 Å². The summed E-state index contributed by atoms with van der Waals surface area (Å²) in [5, 5.41) is 11.0. The van der Waals surface area contributed by atoms with Crippen LogP contribution in [0.5, 0.6) is 5.75 Å². The number of hydrogen-bond donors (Lipinski definition) is 1. The van der Waals surface area contributed by atoms with Crippen LogP contribution < -0.4 is 4.74 Å². The zero-order valence-electron chi connectivity index (χ0n) is 19.8. The van der Waals surface area contributed by atoms with Crippen molar-refractivity contribution in [3.05, 3.63) is 78.4 Å². The standard InChI is InChI=1S/C27H33NO6/c1-4-8-24(25(29)19(2)16-33-17-21-11-13-23(32-3)14-12-21)26(30)28-22(18-34-27(28)31)15-20-9-6-5-7-10-20/h4-7,9-14,19,22,24-25,29H,1,8,15-18H2,2-3H3/t19-,22+,24+,25-/m1/s1. The Morgan fingerprint density at radius 1 is 1.21 bits per heavy atom. The summed E-state index contributed by atoms with van der Waals surface area (Å²) in [6, 6.07) is 16.8. The summed E-state index contributed by atoms with van der Waals surface area (Å²) >= 11 is 0. The highest BCUT2D eigenvalue weighted by Gasteiger charge is 2.43. The van der Waals surface area contributed by atoms with Crippen LogP contribution in [-0.4, -0.2) is 54.5 Å². The van der Waals surface area contributed by atoms with E-state index in [2.05, 4.69) is 6.58 Å². The molecule has 34 heavy (non-hydrogen) atoms. The van der Waals surface area contributed by atoms with E-state index in [0.717, 1.165) is 21.8 Å². The van der Waals surface area contributed by atoms with E-state index >= 15 is 0 Å². The number of amides is 2. The van der Waals surface area contributed by atoms with Crippen LogP contribution in [0.25, 0.3) is 0 Å². The quantitative estimate of drug-likeness (QED) is 0.475. The van der Waals surface area contributed by atoms with Gasteiger partial charge in [-0.1, -0.05) is 55.5 Å². The number of carbonyl (C=O) groups is 2. The first-order valence-electron chi connectivity index (χ1n) is 11.5. The molecular weight excluding hydrogens is 434 g/mol. The number of rotatable bonds is 12. The lowest BCUT2D eigenvalue weighted by Crippen LogP contribution is -2.48. The predicted molar refractivity (Wildman–Crippen MR) is 128 cm³/mol. The molecule has 2 amide bonds. The highest BCUT2D eigenvalue weighted by molar-refractivity contribution is 5.95. The Morgan fingerprint density at radius 3 is 2.56 bits per heavy atom. The molecule has 7 nitrogen and oxygen atoms in total. The number of benzene rings is 2. The summed E-state index contributed by atoms with van der Waals surface area (Å²) in [5.41, 5.74) is 1.98. The molecule has 0 spiro atoms. The Morgan fingerprint density at radius 2 is 1.91 bits per heavy atom. The Labute approximate surface area is 200 Å². The van der Waals surface area contributed by atoms with Gasteiger partial charge in [0.1, 0.15) is 12.4 Å². The van der Waals surface area contributed by atoms with Crippen LogP contribution in [0.3, 0.4) is 0 Å². The second-order valence-electron chi connectivity index (χ2n) is 8.59. The Balaban J connectivity index is 1.62. The second-order valence-corrected chi connectivity index (χ2v) is 8.59. The van der Waals surface area contributed by atoms with Crippen molar-refractivity contribution in [2.45, 2.75) is 38.5 Å². The number of hydrogen-bond acceptors (Lipinski definition) is 6. The van der Waals surface area contributed by atoms with E-state index < -0.39 is 30.1 Å². The lowest BCUT2D eigenvalue weighted by atomic mass is 9.88. The topological polar surface area (TPSA) is 85.3 Å². The van der Waals surface area contributed by atoms with Crippen molar-refractivity contribution in [2.24, 2.45) is 11.8 Å². The number of methoxy groups -OCH3 is 1. The Hall–Kier alpha value is -3.16. The van der Waals surface area contributed by atoms with E-state index in [9.17, 15) is 14.7 Å². The van der Waals surface area contributed by atoms with Gasteiger partial charge < -0.3 is 19.3 Å². The number of ether oxygens (including phenoxy) is 3. The third-order valence-electron chi connectivity index (χ3n) is 6.05. The maximum atomic E-state index is 13.4. The molecule has 0 radical (unpaired) electrons. The van der Waals surface area contributed by atoms with Crippen molar-refractivity contribution < 1.29 is 28.9 Å². The van der Waals surface area contributed by atoms with Crippen LogP contribution in [0.15, 0.2) is 67.3 Å². The minimum Gasteiger partial charge on any atom is -0.497 e. The molecule has 0 aliphatic carbocycles. The molecule has 2 aromatic rings. The zero-order chi connectivity index (χ0) is 24.5. The predicted octanol–water partition coefficient (Wildman–Crippen LogP) is 3.99. The SMILES string of the molecule is C=CC[C@H](C(=O)N1C(=O)OC[C@@H]1Cc1ccccc1)[C@H](O)[C@H](C)COCc1ccc(OC)cc1. The molecule has 0 saturated carbocycles. The molecular formula is C27H33NO6. The molecule has 1 fully saturated rings. The molecule has 1 aliphatic rings. The highest BCUT2D eigenvalue weighted by Crippen LogP contribution is 2.26. The fourth-order valence-corrected chi connectivity index (χ4v) is 4.09. The summed E-state index contributed by atoms with van der Waals surface area (Å²) in [7, 11) is 1.61. The summed E-state index contributed by atoms with van der Waals surface area (Å²) in [4.78, 5) is 27.0. The molecule has 1 saturated heterocycles. The fraction of sp³-hybridized carbons (Fsp3) is 0.407. The molecule has 1 N–H and O–H groups in total. The fourth-order valence-electron chi connectivity index (χ4n) is 4.09. The van der Waals surface area contributed by atoms with Gasteiger partial charge in [0.2, 0.25) is 5.91 Å². The number of carbonyl (C=O) groups excluding carboxylic acids is 2. The molecule has 2 aromatic carbocycles. The second kappa shape index (κ2) is 12.3. The number of nitrogens with zero attached hydrogens (tertiary/aromatic N) is 1. The zero-order valence-corrected chi connectivity index (χ0v) is 19.8. The molecule has 0 unspecified atom stereocenters. The maximum Gasteiger partial charge on any atom is 0.416 e. The van der Waals surface area contributed by atoms with Crippen molar-refractivity contribution in [1.82, 2.24) is 4.90 Å². The molecule has 3 rings (SSSR count).